The van der Waals surface area contributed by atoms with Crippen molar-refractivity contribution < 1.29 is 27.5 Å². The maximum Gasteiger partial charge on any atom is 0.231 e. The van der Waals surface area contributed by atoms with E-state index in [4.69, 9.17) is 9.47 Å². The van der Waals surface area contributed by atoms with E-state index in [1.54, 1.807) is 48.2 Å². The van der Waals surface area contributed by atoms with Gasteiger partial charge in [0.05, 0.1) is 17.9 Å². The van der Waals surface area contributed by atoms with Gasteiger partial charge in [0.2, 0.25) is 28.6 Å². The van der Waals surface area contributed by atoms with E-state index < -0.39 is 15.9 Å². The zero-order valence-electron chi connectivity index (χ0n) is 16.5. The highest BCUT2D eigenvalue weighted by Crippen LogP contribution is 2.37. The minimum Gasteiger partial charge on any atom is -0.454 e. The summed E-state index contributed by atoms with van der Waals surface area (Å²) in [6.45, 7) is 2.15. The molecule has 2 aliphatic rings. The first kappa shape index (κ1) is 20.0. The van der Waals surface area contributed by atoms with Crippen molar-refractivity contribution in [3.63, 3.8) is 0 Å². The fourth-order valence-corrected chi connectivity index (χ4v) is 4.06. The van der Waals surface area contributed by atoms with Gasteiger partial charge in [-0.2, -0.15) is 0 Å². The number of ether oxygens (including phenoxy) is 2. The largest absolute Gasteiger partial charge is 0.454 e. The maximum absolute atomic E-state index is 12.7. The van der Waals surface area contributed by atoms with Crippen molar-refractivity contribution >= 4 is 38.9 Å². The van der Waals surface area contributed by atoms with Gasteiger partial charge in [-0.05, 0) is 36.8 Å². The van der Waals surface area contributed by atoms with E-state index >= 15 is 0 Å². The average Bonchev–Trinajstić information content (AvgIpc) is 3.29. The van der Waals surface area contributed by atoms with Crippen LogP contribution in [-0.4, -0.2) is 39.8 Å². The summed E-state index contributed by atoms with van der Waals surface area (Å²) in [4.78, 5) is 26.8. The Kier molecular flexibility index (Phi) is 5.02. The van der Waals surface area contributed by atoms with Crippen molar-refractivity contribution in [3.05, 3.63) is 42.0 Å². The van der Waals surface area contributed by atoms with E-state index in [2.05, 4.69) is 10.0 Å². The first-order chi connectivity index (χ1) is 14.2. The van der Waals surface area contributed by atoms with Crippen molar-refractivity contribution in [2.75, 3.05) is 34.5 Å². The summed E-state index contributed by atoms with van der Waals surface area (Å²) in [7, 11) is -3.44. The number of rotatable bonds is 5. The quantitative estimate of drug-likeness (QED) is 0.749. The topological polar surface area (TPSA) is 114 Å². The van der Waals surface area contributed by atoms with Crippen LogP contribution < -0.4 is 24.4 Å². The molecule has 2 heterocycles. The number of fused-ring (bicyclic) bond motifs is 1. The first-order valence-corrected chi connectivity index (χ1v) is 11.2. The molecule has 0 bridgehead atoms. The molecule has 0 aromatic heterocycles. The Balaban J connectivity index is 1.46. The van der Waals surface area contributed by atoms with Crippen molar-refractivity contribution in [2.24, 2.45) is 5.92 Å². The Labute approximate surface area is 174 Å². The fraction of sp³-hybridized carbons (Fsp3) is 0.300. The van der Waals surface area contributed by atoms with E-state index in [1.165, 1.54) is 0 Å². The van der Waals surface area contributed by atoms with Crippen LogP contribution in [0.25, 0.3) is 0 Å². The van der Waals surface area contributed by atoms with E-state index in [0.717, 1.165) is 11.8 Å². The Hall–Kier alpha value is -3.27. The number of nitrogens with zero attached hydrogens (tertiary/aromatic N) is 1. The molecule has 10 heteroatoms. The van der Waals surface area contributed by atoms with Crippen LogP contribution in [0.15, 0.2) is 36.4 Å². The number of aryl methyl sites for hydroxylation is 1. The molecular weight excluding hydrogens is 410 g/mol. The maximum atomic E-state index is 12.7. The van der Waals surface area contributed by atoms with Gasteiger partial charge >= 0.3 is 0 Å². The lowest BCUT2D eigenvalue weighted by Gasteiger charge is -2.17. The second kappa shape index (κ2) is 7.52. The average molecular weight is 431 g/mol. The normalized spacial score (nSPS) is 17.9. The lowest BCUT2D eigenvalue weighted by atomic mass is 10.1. The second-order valence-electron chi connectivity index (χ2n) is 7.34. The molecule has 2 aliphatic heterocycles. The lowest BCUT2D eigenvalue weighted by Crippen LogP contribution is -2.28. The summed E-state index contributed by atoms with van der Waals surface area (Å²) in [6.07, 6.45) is 1.15. The molecule has 0 spiro atoms. The number of sulfonamides is 1. The third kappa shape index (κ3) is 4.18. The van der Waals surface area contributed by atoms with E-state index in [-0.39, 0.29) is 31.6 Å². The molecule has 0 radical (unpaired) electrons. The van der Waals surface area contributed by atoms with E-state index in [0.29, 0.717) is 28.6 Å². The number of anilines is 3. The second-order valence-corrected chi connectivity index (χ2v) is 9.08. The molecule has 158 valence electrons. The van der Waals surface area contributed by atoms with Crippen LogP contribution in [0.2, 0.25) is 0 Å². The van der Waals surface area contributed by atoms with Gasteiger partial charge in [0, 0.05) is 30.4 Å². The van der Waals surface area contributed by atoms with E-state index in [1.807, 2.05) is 0 Å². The van der Waals surface area contributed by atoms with Gasteiger partial charge in [0.1, 0.15) is 0 Å². The first-order valence-electron chi connectivity index (χ1n) is 9.29. The number of nitrogens with one attached hydrogen (secondary N) is 2. The fourth-order valence-electron chi connectivity index (χ4n) is 3.44. The van der Waals surface area contributed by atoms with Crippen molar-refractivity contribution in [1.29, 1.82) is 0 Å². The highest BCUT2D eigenvalue weighted by atomic mass is 32.2. The number of benzene rings is 2. The molecule has 0 aliphatic carbocycles. The molecule has 2 aromatic rings. The Morgan fingerprint density at radius 2 is 1.90 bits per heavy atom. The molecule has 0 saturated carbocycles. The van der Waals surface area contributed by atoms with E-state index in [9.17, 15) is 18.0 Å². The van der Waals surface area contributed by atoms with Crippen molar-refractivity contribution in [3.8, 4) is 11.5 Å². The number of carbonyl (C=O) groups is 2. The zero-order chi connectivity index (χ0) is 21.5. The number of carbonyl (C=O) groups excluding carboxylic acids is 2. The van der Waals surface area contributed by atoms with Crippen LogP contribution >= 0.6 is 0 Å². The molecule has 1 atom stereocenters. The minimum absolute atomic E-state index is 0.0839. The summed E-state index contributed by atoms with van der Waals surface area (Å²) in [5.74, 6) is 0.199. The minimum atomic E-state index is -3.44. The zero-order valence-corrected chi connectivity index (χ0v) is 17.3. The lowest BCUT2D eigenvalue weighted by molar-refractivity contribution is -0.122. The van der Waals surface area contributed by atoms with Crippen molar-refractivity contribution in [1.82, 2.24) is 0 Å². The molecule has 2 N–H and O–H groups in total. The molecule has 1 saturated heterocycles. The predicted octanol–water partition coefficient (Wildman–Crippen LogP) is 2.09. The van der Waals surface area contributed by atoms with Crippen LogP contribution in [0, 0.1) is 12.8 Å². The number of hydrogen-bond donors (Lipinski definition) is 2. The summed E-state index contributed by atoms with van der Waals surface area (Å²) >= 11 is 0. The third-order valence-corrected chi connectivity index (χ3v) is 5.55. The molecule has 30 heavy (non-hydrogen) atoms. The molecular formula is C20H21N3O6S. The van der Waals surface area contributed by atoms with Crippen LogP contribution in [-0.2, 0) is 19.6 Å². The Bertz CT molecular complexity index is 1130. The highest BCUT2D eigenvalue weighted by Gasteiger charge is 2.35. The van der Waals surface area contributed by atoms with Gasteiger partial charge in [0.15, 0.2) is 11.5 Å². The Morgan fingerprint density at radius 3 is 2.67 bits per heavy atom. The molecule has 2 aromatic carbocycles. The van der Waals surface area contributed by atoms with Crippen LogP contribution in [0.1, 0.15) is 12.0 Å². The molecule has 2 amide bonds. The molecule has 1 fully saturated rings. The summed E-state index contributed by atoms with van der Waals surface area (Å²) in [5, 5.41) is 2.77. The van der Waals surface area contributed by atoms with Crippen molar-refractivity contribution in [2.45, 2.75) is 13.3 Å². The van der Waals surface area contributed by atoms with Gasteiger partial charge < -0.3 is 19.7 Å². The Morgan fingerprint density at radius 1 is 1.13 bits per heavy atom. The van der Waals surface area contributed by atoms with Crippen LogP contribution in [0.4, 0.5) is 17.1 Å². The van der Waals surface area contributed by atoms with Gasteiger partial charge in [-0.3, -0.25) is 14.3 Å². The van der Waals surface area contributed by atoms with Gasteiger partial charge in [-0.15, -0.1) is 0 Å². The van der Waals surface area contributed by atoms with Gasteiger partial charge in [-0.1, -0.05) is 6.07 Å². The van der Waals surface area contributed by atoms with Gasteiger partial charge in [-0.25, -0.2) is 8.42 Å². The number of hydrogen-bond acceptors (Lipinski definition) is 6. The smallest absolute Gasteiger partial charge is 0.231 e. The summed E-state index contributed by atoms with van der Waals surface area (Å²) in [6, 6.07) is 10.2. The molecule has 1 unspecified atom stereocenters. The predicted molar refractivity (Wildman–Crippen MR) is 111 cm³/mol. The number of amides is 2. The summed E-state index contributed by atoms with van der Waals surface area (Å²) in [5.41, 5.74) is 2.21. The van der Waals surface area contributed by atoms with Crippen LogP contribution in [0.5, 0.6) is 11.5 Å². The third-order valence-electron chi connectivity index (χ3n) is 4.96. The monoisotopic (exact) mass is 431 g/mol. The SMILES string of the molecule is Cc1ccc(NC(=O)C2CC(=O)N(c3ccc4c(c3)OCO4)C2)cc1NS(C)(=O)=O. The molecule has 9 nitrogen and oxygen atoms in total. The molecule has 4 rings (SSSR count). The van der Waals surface area contributed by atoms with Gasteiger partial charge in [0.25, 0.3) is 0 Å². The highest BCUT2D eigenvalue weighted by molar-refractivity contribution is 7.92. The standard InChI is InChI=1S/C20H21N3O6S/c1-12-3-4-14(8-16(12)22-30(2,26)27)21-20(25)13-7-19(24)23(10-13)15-5-6-17-18(9-15)29-11-28-17/h3-6,8-9,13,22H,7,10-11H2,1-2H3,(H,21,25). The summed E-state index contributed by atoms with van der Waals surface area (Å²) < 4.78 is 36.1. The van der Waals surface area contributed by atoms with Crippen LogP contribution in [0.3, 0.4) is 0 Å².